The van der Waals surface area contributed by atoms with Crippen LogP contribution >= 0.6 is 0 Å². The van der Waals surface area contributed by atoms with Crippen LogP contribution in [0.15, 0.2) is 59.8 Å². The van der Waals surface area contributed by atoms with Crippen LogP contribution in [-0.4, -0.2) is 36.7 Å². The molecule has 6 nitrogen and oxygen atoms in total. The second-order valence-electron chi connectivity index (χ2n) is 6.84. The number of imide groups is 1. The van der Waals surface area contributed by atoms with E-state index in [4.69, 9.17) is 0 Å². The summed E-state index contributed by atoms with van der Waals surface area (Å²) in [7, 11) is 3.11. The van der Waals surface area contributed by atoms with Gasteiger partial charge in [-0.1, -0.05) is 35.9 Å². The molecule has 0 spiro atoms. The Balaban J connectivity index is 1.85. The van der Waals surface area contributed by atoms with E-state index in [9.17, 15) is 14.4 Å². The molecule has 27 heavy (non-hydrogen) atoms. The predicted molar refractivity (Wildman–Crippen MR) is 102 cm³/mol. The van der Waals surface area contributed by atoms with Crippen LogP contribution in [0.25, 0.3) is 0 Å². The number of hydrogen-bond acceptors (Lipinski definition) is 4. The zero-order valence-corrected chi connectivity index (χ0v) is 15.3. The van der Waals surface area contributed by atoms with E-state index in [1.165, 1.54) is 11.9 Å². The van der Waals surface area contributed by atoms with Crippen LogP contribution in [0, 0.1) is 6.92 Å². The number of nitrogens with one attached hydrogen (secondary N) is 1. The highest BCUT2D eigenvalue weighted by Crippen LogP contribution is 2.43. The van der Waals surface area contributed by atoms with Crippen molar-refractivity contribution in [3.63, 3.8) is 0 Å². The number of likely N-dealkylation sites (N-methyl/N-ethyl adjacent to an activating group) is 2. The van der Waals surface area contributed by atoms with Gasteiger partial charge in [-0.05, 0) is 30.7 Å². The van der Waals surface area contributed by atoms with Crippen LogP contribution < -0.4 is 10.2 Å². The minimum Gasteiger partial charge on any atom is -0.351 e. The minimum atomic E-state index is -0.791. The maximum absolute atomic E-state index is 12.9. The fraction of sp³-hybridized carbons (Fsp3) is 0.190. The van der Waals surface area contributed by atoms with Crippen molar-refractivity contribution in [3.8, 4) is 0 Å². The molecule has 1 N–H and O–H groups in total. The molecule has 2 aliphatic rings. The molecule has 3 amide bonds. The van der Waals surface area contributed by atoms with Gasteiger partial charge in [0, 0.05) is 25.5 Å². The third-order valence-corrected chi connectivity index (χ3v) is 5.12. The fourth-order valence-electron chi connectivity index (χ4n) is 3.59. The lowest BCUT2D eigenvalue weighted by molar-refractivity contribution is -0.136. The van der Waals surface area contributed by atoms with Gasteiger partial charge < -0.3 is 10.2 Å². The Kier molecular flexibility index (Phi) is 3.84. The van der Waals surface area contributed by atoms with Crippen LogP contribution in [0.5, 0.6) is 0 Å². The monoisotopic (exact) mass is 361 g/mol. The Bertz CT molecular complexity index is 1010. The molecule has 136 valence electrons. The molecule has 2 aliphatic heterocycles. The van der Waals surface area contributed by atoms with Gasteiger partial charge in [-0.15, -0.1) is 0 Å². The summed E-state index contributed by atoms with van der Waals surface area (Å²) in [5.41, 5.74) is 3.63. The first-order valence-corrected chi connectivity index (χ1v) is 8.67. The van der Waals surface area contributed by atoms with Crippen molar-refractivity contribution in [1.29, 1.82) is 0 Å². The van der Waals surface area contributed by atoms with E-state index in [1.54, 1.807) is 7.05 Å². The number of anilines is 2. The van der Waals surface area contributed by atoms with Crippen molar-refractivity contribution in [2.45, 2.75) is 12.8 Å². The lowest BCUT2D eigenvalue weighted by Gasteiger charge is -2.13. The van der Waals surface area contributed by atoms with Gasteiger partial charge in [0.15, 0.2) is 0 Å². The zero-order valence-electron chi connectivity index (χ0n) is 15.3. The number of fused-ring (bicyclic) bond motifs is 1. The first-order chi connectivity index (χ1) is 12.9. The van der Waals surface area contributed by atoms with Crippen molar-refractivity contribution in [2.24, 2.45) is 0 Å². The van der Waals surface area contributed by atoms with Gasteiger partial charge in [0.05, 0.1) is 11.5 Å². The highest BCUT2D eigenvalue weighted by atomic mass is 16.2. The molecule has 2 aromatic rings. The second-order valence-corrected chi connectivity index (χ2v) is 6.84. The maximum atomic E-state index is 12.9. The lowest BCUT2D eigenvalue weighted by Crippen LogP contribution is -2.30. The molecule has 2 aromatic carbocycles. The molecule has 0 fully saturated rings. The van der Waals surface area contributed by atoms with Crippen LogP contribution in [0.4, 0.5) is 11.4 Å². The SMILES string of the molecule is Cc1ccc(NC2=C(C3C(=O)N(C)c4ccccc43)C(=O)N(C)C2=O)cc1. The largest absolute Gasteiger partial charge is 0.351 e. The van der Waals surface area contributed by atoms with Gasteiger partial charge in [-0.3, -0.25) is 19.3 Å². The smallest absolute Gasteiger partial charge is 0.277 e. The number of aryl methyl sites for hydroxylation is 1. The number of para-hydroxylation sites is 1. The average Bonchev–Trinajstić information content (AvgIpc) is 3.03. The quantitative estimate of drug-likeness (QED) is 0.853. The standard InChI is InChI=1S/C21H19N3O3/c1-12-8-10-13(11-9-12)22-18-17(20(26)24(3)21(18)27)16-14-6-4-5-7-15(14)23(2)19(16)25/h4-11,16,22H,1-3H3. The Morgan fingerprint density at radius 1 is 0.852 bits per heavy atom. The summed E-state index contributed by atoms with van der Waals surface area (Å²) in [5, 5.41) is 3.07. The van der Waals surface area contributed by atoms with Gasteiger partial charge in [0.2, 0.25) is 5.91 Å². The van der Waals surface area contributed by atoms with Crippen molar-refractivity contribution < 1.29 is 14.4 Å². The van der Waals surface area contributed by atoms with Gasteiger partial charge in [-0.25, -0.2) is 0 Å². The highest BCUT2D eigenvalue weighted by molar-refractivity contribution is 6.25. The maximum Gasteiger partial charge on any atom is 0.277 e. The van der Waals surface area contributed by atoms with Gasteiger partial charge in [-0.2, -0.15) is 0 Å². The molecular weight excluding hydrogens is 342 g/mol. The summed E-state index contributed by atoms with van der Waals surface area (Å²) in [5.74, 6) is -1.89. The summed E-state index contributed by atoms with van der Waals surface area (Å²) in [6.07, 6.45) is 0. The van der Waals surface area contributed by atoms with Gasteiger partial charge in [0.1, 0.15) is 5.70 Å². The third-order valence-electron chi connectivity index (χ3n) is 5.12. The lowest BCUT2D eigenvalue weighted by atomic mass is 9.91. The van der Waals surface area contributed by atoms with E-state index < -0.39 is 17.7 Å². The van der Waals surface area contributed by atoms with Crippen LogP contribution in [0.3, 0.4) is 0 Å². The molecule has 0 aliphatic carbocycles. The summed E-state index contributed by atoms with van der Waals surface area (Å²) in [6.45, 7) is 1.97. The van der Waals surface area contributed by atoms with E-state index >= 15 is 0 Å². The van der Waals surface area contributed by atoms with E-state index in [2.05, 4.69) is 5.32 Å². The third kappa shape index (κ3) is 2.52. The number of benzene rings is 2. The van der Waals surface area contributed by atoms with Crippen molar-refractivity contribution in [3.05, 3.63) is 70.9 Å². The molecule has 4 rings (SSSR count). The number of nitrogens with zero attached hydrogens (tertiary/aromatic N) is 2. The van der Waals surface area contributed by atoms with E-state index in [0.29, 0.717) is 5.69 Å². The Labute approximate surface area is 157 Å². The molecule has 1 unspecified atom stereocenters. The van der Waals surface area contributed by atoms with Crippen LogP contribution in [0.2, 0.25) is 0 Å². The predicted octanol–water partition coefficient (Wildman–Crippen LogP) is 2.42. The van der Waals surface area contributed by atoms with Crippen molar-refractivity contribution in [2.75, 3.05) is 24.3 Å². The van der Waals surface area contributed by atoms with Crippen LogP contribution in [-0.2, 0) is 14.4 Å². The molecule has 0 bridgehead atoms. The topological polar surface area (TPSA) is 69.7 Å². The molecular formula is C21H19N3O3. The van der Waals surface area contributed by atoms with Crippen molar-refractivity contribution in [1.82, 2.24) is 4.90 Å². The molecule has 0 radical (unpaired) electrons. The van der Waals surface area contributed by atoms with E-state index in [1.807, 2.05) is 55.5 Å². The first kappa shape index (κ1) is 17.0. The summed E-state index contributed by atoms with van der Waals surface area (Å²) >= 11 is 0. The molecule has 0 saturated carbocycles. The van der Waals surface area contributed by atoms with E-state index in [-0.39, 0.29) is 17.2 Å². The second kappa shape index (κ2) is 6.09. The molecule has 0 aromatic heterocycles. The average molecular weight is 361 g/mol. The Morgan fingerprint density at radius 2 is 1.52 bits per heavy atom. The Hall–Kier alpha value is -3.41. The summed E-state index contributed by atoms with van der Waals surface area (Å²) in [6, 6.07) is 14.9. The number of carbonyl (C=O) groups is 3. The molecule has 0 saturated heterocycles. The van der Waals surface area contributed by atoms with Crippen molar-refractivity contribution >= 4 is 29.1 Å². The number of rotatable bonds is 3. The minimum absolute atomic E-state index is 0.162. The first-order valence-electron chi connectivity index (χ1n) is 8.67. The fourth-order valence-corrected chi connectivity index (χ4v) is 3.59. The summed E-state index contributed by atoms with van der Waals surface area (Å²) in [4.78, 5) is 41.1. The van der Waals surface area contributed by atoms with Gasteiger partial charge >= 0.3 is 0 Å². The molecule has 1 atom stereocenters. The van der Waals surface area contributed by atoms with E-state index in [0.717, 1.165) is 21.7 Å². The zero-order chi connectivity index (χ0) is 19.3. The summed E-state index contributed by atoms with van der Waals surface area (Å²) < 4.78 is 0. The normalized spacial score (nSPS) is 19.2. The molecule has 6 heteroatoms. The van der Waals surface area contributed by atoms with Gasteiger partial charge in [0.25, 0.3) is 11.8 Å². The molecule has 2 heterocycles. The van der Waals surface area contributed by atoms with Crippen LogP contribution in [0.1, 0.15) is 17.0 Å². The number of carbonyl (C=O) groups excluding carboxylic acids is 3. The number of amides is 3. The Morgan fingerprint density at radius 3 is 2.22 bits per heavy atom. The highest BCUT2D eigenvalue weighted by Gasteiger charge is 2.47. The number of hydrogen-bond donors (Lipinski definition) is 1.